The van der Waals surface area contributed by atoms with E-state index in [1.165, 1.54) is 21.2 Å². The maximum Gasteiger partial charge on any atom is 0.248 e. The van der Waals surface area contributed by atoms with E-state index in [9.17, 15) is 13.2 Å². The van der Waals surface area contributed by atoms with E-state index < -0.39 is 15.9 Å². The molecule has 0 atom stereocenters. The fourth-order valence-electron chi connectivity index (χ4n) is 3.37. The zero-order valence-electron chi connectivity index (χ0n) is 16.6. The van der Waals surface area contributed by atoms with Crippen molar-refractivity contribution in [2.75, 3.05) is 18.4 Å². The molecule has 31 heavy (non-hydrogen) atoms. The van der Waals surface area contributed by atoms with Gasteiger partial charge >= 0.3 is 0 Å². The van der Waals surface area contributed by atoms with Crippen LogP contribution in [0, 0.1) is 0 Å². The Morgan fingerprint density at radius 1 is 1.06 bits per heavy atom. The molecule has 1 saturated heterocycles. The molecule has 3 aromatic rings. The molecule has 1 aliphatic heterocycles. The number of carbonyl (C=O) groups is 1. The summed E-state index contributed by atoms with van der Waals surface area (Å²) in [6.07, 6.45) is 2.66. The first-order chi connectivity index (χ1) is 14.9. The molecule has 0 saturated carbocycles. The summed E-state index contributed by atoms with van der Waals surface area (Å²) < 4.78 is 27.4. The van der Waals surface area contributed by atoms with E-state index in [-0.39, 0.29) is 16.5 Å². The molecule has 0 spiro atoms. The van der Waals surface area contributed by atoms with Gasteiger partial charge in [-0.1, -0.05) is 48.4 Å². The Kier molecular flexibility index (Phi) is 6.30. The van der Waals surface area contributed by atoms with Crippen LogP contribution in [0.5, 0.6) is 0 Å². The summed E-state index contributed by atoms with van der Waals surface area (Å²) in [5.74, 6) is -0.00420. The number of nitrogens with one attached hydrogen (secondary N) is 1. The van der Waals surface area contributed by atoms with Crippen LogP contribution < -0.4 is 5.32 Å². The summed E-state index contributed by atoms with van der Waals surface area (Å²) in [6.45, 7) is 0.768. The average molecular weight is 461 g/mol. The van der Waals surface area contributed by atoms with Gasteiger partial charge in [-0.25, -0.2) is 8.42 Å². The van der Waals surface area contributed by atoms with Gasteiger partial charge in [0.05, 0.1) is 5.02 Å². The number of carbonyl (C=O) groups excluding carboxylic acids is 1. The van der Waals surface area contributed by atoms with Gasteiger partial charge in [0.25, 0.3) is 0 Å². The Labute approximate surface area is 185 Å². The standard InChI is InChI=1S/C20H21ClN6O3S/c21-17-10-9-16(13-18(17)31(29,30)26-11-5-2-6-12-26)22-19(28)14-27-24-20(23-25-27)15-7-3-1-4-8-15/h1,3-4,7-10,13H,2,5-6,11-12,14H2,(H,22,28). The molecule has 2 aromatic carbocycles. The largest absolute Gasteiger partial charge is 0.324 e. The Bertz CT molecular complexity index is 1180. The van der Waals surface area contributed by atoms with Crippen molar-refractivity contribution in [2.45, 2.75) is 30.7 Å². The first-order valence-corrected chi connectivity index (χ1v) is 11.7. The van der Waals surface area contributed by atoms with Crippen LogP contribution in [0.2, 0.25) is 5.02 Å². The molecule has 11 heteroatoms. The van der Waals surface area contributed by atoms with Crippen molar-refractivity contribution in [3.05, 3.63) is 53.6 Å². The van der Waals surface area contributed by atoms with Crippen molar-refractivity contribution in [2.24, 2.45) is 0 Å². The zero-order chi connectivity index (χ0) is 21.8. The third kappa shape index (κ3) is 4.92. The van der Waals surface area contributed by atoms with Gasteiger partial charge in [0.15, 0.2) is 0 Å². The van der Waals surface area contributed by atoms with Crippen LogP contribution in [0.3, 0.4) is 0 Å². The molecular weight excluding hydrogens is 440 g/mol. The number of halogens is 1. The highest BCUT2D eigenvalue weighted by Crippen LogP contribution is 2.29. The smallest absolute Gasteiger partial charge is 0.248 e. The van der Waals surface area contributed by atoms with Crippen molar-refractivity contribution in [3.8, 4) is 11.4 Å². The van der Waals surface area contributed by atoms with Crippen LogP contribution in [0.15, 0.2) is 53.4 Å². The Hall–Kier alpha value is -2.82. The lowest BCUT2D eigenvalue weighted by atomic mass is 10.2. The van der Waals surface area contributed by atoms with Crippen LogP contribution in [0.1, 0.15) is 19.3 Å². The average Bonchev–Trinajstić information content (AvgIpc) is 3.24. The van der Waals surface area contributed by atoms with E-state index in [0.29, 0.717) is 24.6 Å². The second-order valence-corrected chi connectivity index (χ2v) is 9.48. The zero-order valence-corrected chi connectivity index (χ0v) is 18.2. The van der Waals surface area contributed by atoms with Gasteiger partial charge in [0.2, 0.25) is 21.8 Å². The van der Waals surface area contributed by atoms with E-state index in [0.717, 1.165) is 24.8 Å². The molecule has 1 N–H and O–H groups in total. The summed E-state index contributed by atoms with van der Waals surface area (Å²) in [5.41, 5.74) is 1.12. The number of hydrogen-bond acceptors (Lipinski definition) is 6. The fourth-order valence-corrected chi connectivity index (χ4v) is 5.38. The minimum absolute atomic E-state index is 0.0147. The van der Waals surface area contributed by atoms with Gasteiger partial charge in [0.1, 0.15) is 11.4 Å². The van der Waals surface area contributed by atoms with Crippen LogP contribution in [-0.4, -0.2) is 51.9 Å². The van der Waals surface area contributed by atoms with Gasteiger partial charge in [-0.3, -0.25) is 4.79 Å². The number of hydrogen-bond donors (Lipinski definition) is 1. The molecule has 1 aliphatic rings. The van der Waals surface area contributed by atoms with Crippen molar-refractivity contribution < 1.29 is 13.2 Å². The minimum atomic E-state index is -3.73. The van der Waals surface area contributed by atoms with Gasteiger partial charge in [0, 0.05) is 24.3 Å². The molecule has 0 radical (unpaired) electrons. The first kappa shape index (κ1) is 21.4. The van der Waals surface area contributed by atoms with E-state index in [4.69, 9.17) is 11.6 Å². The Morgan fingerprint density at radius 3 is 2.55 bits per heavy atom. The Morgan fingerprint density at radius 2 is 1.81 bits per heavy atom. The quantitative estimate of drug-likeness (QED) is 0.605. The third-order valence-corrected chi connectivity index (χ3v) is 7.30. The molecule has 0 unspecified atom stereocenters. The number of tetrazole rings is 1. The highest BCUT2D eigenvalue weighted by molar-refractivity contribution is 7.89. The van der Waals surface area contributed by atoms with Crippen LogP contribution in [-0.2, 0) is 21.4 Å². The summed E-state index contributed by atoms with van der Waals surface area (Å²) in [4.78, 5) is 13.6. The lowest BCUT2D eigenvalue weighted by molar-refractivity contribution is -0.117. The van der Waals surface area contributed by atoms with Crippen LogP contribution >= 0.6 is 11.6 Å². The number of nitrogens with zero attached hydrogens (tertiary/aromatic N) is 5. The highest BCUT2D eigenvalue weighted by atomic mass is 35.5. The highest BCUT2D eigenvalue weighted by Gasteiger charge is 2.28. The van der Waals surface area contributed by atoms with E-state index in [1.54, 1.807) is 6.07 Å². The number of amides is 1. The molecule has 0 aliphatic carbocycles. The normalized spacial score (nSPS) is 15.0. The molecular formula is C20H21ClN6O3S. The van der Waals surface area contributed by atoms with Crippen LogP contribution in [0.25, 0.3) is 11.4 Å². The van der Waals surface area contributed by atoms with Gasteiger partial charge in [-0.2, -0.15) is 9.10 Å². The molecule has 9 nitrogen and oxygen atoms in total. The molecule has 4 rings (SSSR count). The van der Waals surface area contributed by atoms with Gasteiger partial charge in [-0.05, 0) is 36.3 Å². The van der Waals surface area contributed by atoms with E-state index in [1.807, 2.05) is 30.3 Å². The van der Waals surface area contributed by atoms with Crippen molar-refractivity contribution in [1.82, 2.24) is 24.5 Å². The molecule has 1 aromatic heterocycles. The predicted molar refractivity (Wildman–Crippen MR) is 116 cm³/mol. The predicted octanol–water partition coefficient (Wildman–Crippen LogP) is 2.81. The number of anilines is 1. The molecule has 1 fully saturated rings. The molecule has 0 bridgehead atoms. The number of aromatic nitrogens is 4. The lowest BCUT2D eigenvalue weighted by Crippen LogP contribution is -2.35. The second-order valence-electron chi connectivity index (χ2n) is 7.17. The topological polar surface area (TPSA) is 110 Å². The van der Waals surface area contributed by atoms with E-state index >= 15 is 0 Å². The third-order valence-electron chi connectivity index (χ3n) is 4.92. The summed E-state index contributed by atoms with van der Waals surface area (Å²) in [7, 11) is -3.73. The van der Waals surface area contributed by atoms with Crippen LogP contribution in [0.4, 0.5) is 5.69 Å². The maximum absolute atomic E-state index is 13.0. The van der Waals surface area contributed by atoms with Crippen molar-refractivity contribution in [3.63, 3.8) is 0 Å². The summed E-state index contributed by atoms with van der Waals surface area (Å²) in [5, 5.41) is 14.8. The monoisotopic (exact) mass is 460 g/mol. The maximum atomic E-state index is 13.0. The number of benzene rings is 2. The fraction of sp³-hybridized carbons (Fsp3) is 0.300. The first-order valence-electron chi connectivity index (χ1n) is 9.86. The summed E-state index contributed by atoms with van der Waals surface area (Å²) >= 11 is 6.18. The minimum Gasteiger partial charge on any atom is -0.324 e. The van der Waals surface area contributed by atoms with Gasteiger partial charge in [-0.15, -0.1) is 10.2 Å². The molecule has 2 heterocycles. The van der Waals surface area contributed by atoms with E-state index in [2.05, 4.69) is 20.7 Å². The van der Waals surface area contributed by atoms with Crippen molar-refractivity contribution >= 4 is 33.2 Å². The number of sulfonamides is 1. The lowest BCUT2D eigenvalue weighted by Gasteiger charge is -2.26. The number of rotatable bonds is 6. The SMILES string of the molecule is O=C(Cn1nnc(-c2ccccc2)n1)Nc1ccc(Cl)c(S(=O)(=O)N2CCCCC2)c1. The second kappa shape index (κ2) is 9.13. The molecule has 162 valence electrons. The summed E-state index contributed by atoms with van der Waals surface area (Å²) in [6, 6.07) is 13.7. The van der Waals surface area contributed by atoms with Crippen molar-refractivity contribution in [1.29, 1.82) is 0 Å². The number of piperidine rings is 1. The Balaban J connectivity index is 1.47. The molecule has 1 amide bonds. The van der Waals surface area contributed by atoms with Gasteiger partial charge < -0.3 is 5.32 Å².